The molecule has 0 atom stereocenters. The maximum Gasteiger partial charge on any atom is 0.488 e. The summed E-state index contributed by atoms with van der Waals surface area (Å²) in [5.74, 6) is -0.0113. The molecule has 1 amide bonds. The number of carbonyl (C=O) groups is 1. The molecule has 2 aromatic rings. The smallest absolute Gasteiger partial charge is 0.423 e. The zero-order valence-electron chi connectivity index (χ0n) is 12.2. The molecule has 0 aliphatic rings. The SMILES string of the molecule is CN(C)C(=O)c1ccc(Cc2ccc(B(O)O)cc2)cc1.[HH].[HH]. The first-order valence-electron chi connectivity index (χ1n) is 6.73. The van der Waals surface area contributed by atoms with E-state index in [0.29, 0.717) is 11.0 Å². The summed E-state index contributed by atoms with van der Waals surface area (Å²) in [6, 6.07) is 14.7. The van der Waals surface area contributed by atoms with Gasteiger partial charge in [-0.2, -0.15) is 0 Å². The molecule has 0 saturated heterocycles. The average Bonchev–Trinajstić information content (AvgIpc) is 2.47. The van der Waals surface area contributed by atoms with Crippen LogP contribution >= 0.6 is 0 Å². The molecule has 4 nitrogen and oxygen atoms in total. The van der Waals surface area contributed by atoms with Crippen molar-refractivity contribution in [3.8, 4) is 0 Å². The largest absolute Gasteiger partial charge is 0.488 e. The van der Waals surface area contributed by atoms with Gasteiger partial charge in [0.1, 0.15) is 0 Å². The van der Waals surface area contributed by atoms with Crippen molar-refractivity contribution < 1.29 is 17.7 Å². The lowest BCUT2D eigenvalue weighted by Crippen LogP contribution is -2.29. The molecule has 2 rings (SSSR count). The number of hydrogen-bond donors (Lipinski definition) is 2. The molecule has 0 radical (unpaired) electrons. The Kier molecular flexibility index (Phi) is 4.78. The summed E-state index contributed by atoms with van der Waals surface area (Å²) in [5, 5.41) is 18.1. The normalized spacial score (nSPS) is 10.3. The number of carbonyl (C=O) groups excluding carboxylic acids is 1. The molecule has 0 spiro atoms. The van der Waals surface area contributed by atoms with Crippen molar-refractivity contribution in [2.45, 2.75) is 6.42 Å². The van der Waals surface area contributed by atoms with Crippen LogP contribution in [0.4, 0.5) is 0 Å². The molecule has 0 bridgehead atoms. The van der Waals surface area contributed by atoms with Crippen LogP contribution in [0, 0.1) is 0 Å². The highest BCUT2D eigenvalue weighted by Crippen LogP contribution is 2.11. The first-order valence-corrected chi connectivity index (χ1v) is 6.73. The zero-order chi connectivity index (χ0) is 15.4. The van der Waals surface area contributed by atoms with E-state index in [9.17, 15) is 4.79 Å². The Bertz CT molecular complexity index is 616. The van der Waals surface area contributed by atoms with E-state index >= 15 is 0 Å². The van der Waals surface area contributed by atoms with Crippen LogP contribution in [0.25, 0.3) is 0 Å². The fourth-order valence-electron chi connectivity index (χ4n) is 2.07. The monoisotopic (exact) mass is 287 g/mol. The predicted octanol–water partition coefficient (Wildman–Crippen LogP) is 1.15. The topological polar surface area (TPSA) is 60.8 Å². The van der Waals surface area contributed by atoms with Gasteiger partial charge in [0.25, 0.3) is 5.91 Å². The van der Waals surface area contributed by atoms with E-state index in [1.54, 1.807) is 31.1 Å². The van der Waals surface area contributed by atoms with E-state index in [-0.39, 0.29) is 8.76 Å². The fraction of sp³-hybridized carbons (Fsp3) is 0.188. The fourth-order valence-corrected chi connectivity index (χ4v) is 2.07. The van der Waals surface area contributed by atoms with Gasteiger partial charge in [-0.15, -0.1) is 0 Å². The molecular formula is C16H22BNO3. The van der Waals surface area contributed by atoms with E-state index in [0.717, 1.165) is 17.5 Å². The summed E-state index contributed by atoms with van der Waals surface area (Å²) in [6.07, 6.45) is 0.734. The number of benzene rings is 2. The molecule has 0 unspecified atom stereocenters. The Morgan fingerprint density at radius 1 is 1.00 bits per heavy atom. The van der Waals surface area contributed by atoms with Gasteiger partial charge in [-0.1, -0.05) is 36.4 Å². The highest BCUT2D eigenvalue weighted by Gasteiger charge is 2.10. The minimum Gasteiger partial charge on any atom is -0.423 e. The van der Waals surface area contributed by atoms with Gasteiger partial charge in [-0.3, -0.25) is 4.79 Å². The van der Waals surface area contributed by atoms with Crippen molar-refractivity contribution in [1.29, 1.82) is 0 Å². The first kappa shape index (κ1) is 15.3. The van der Waals surface area contributed by atoms with Gasteiger partial charge in [0.05, 0.1) is 0 Å². The molecule has 0 aliphatic heterocycles. The quantitative estimate of drug-likeness (QED) is 0.829. The molecular weight excluding hydrogens is 265 g/mol. The van der Waals surface area contributed by atoms with Gasteiger partial charge in [0.15, 0.2) is 0 Å². The Hall–Kier alpha value is -2.11. The number of hydrogen-bond acceptors (Lipinski definition) is 3. The highest BCUT2D eigenvalue weighted by atomic mass is 16.4. The molecule has 0 aliphatic carbocycles. The standard InChI is InChI=1S/C16H18BNO3.2H2/c1-18(2)16(19)14-7-3-12(4-8-14)11-13-5-9-15(10-6-13)17(20)21;;/h3-10,20-21H,11H2,1-2H3;2*1H. The maximum absolute atomic E-state index is 11.8. The molecule has 0 fully saturated rings. The van der Waals surface area contributed by atoms with Crippen LogP contribution in [0.5, 0.6) is 0 Å². The molecule has 21 heavy (non-hydrogen) atoms. The van der Waals surface area contributed by atoms with Crippen LogP contribution < -0.4 is 5.46 Å². The van der Waals surface area contributed by atoms with Crippen molar-refractivity contribution in [3.05, 3.63) is 65.2 Å². The van der Waals surface area contributed by atoms with Crippen molar-refractivity contribution >= 4 is 18.5 Å². The number of rotatable bonds is 4. The van der Waals surface area contributed by atoms with Crippen molar-refractivity contribution in [2.75, 3.05) is 14.1 Å². The van der Waals surface area contributed by atoms with E-state index in [4.69, 9.17) is 10.0 Å². The Morgan fingerprint density at radius 3 is 1.90 bits per heavy atom. The van der Waals surface area contributed by atoms with E-state index in [1.807, 2.05) is 36.4 Å². The molecule has 0 heterocycles. The van der Waals surface area contributed by atoms with Crippen LogP contribution in [0.2, 0.25) is 0 Å². The van der Waals surface area contributed by atoms with Crippen LogP contribution in [0.15, 0.2) is 48.5 Å². The molecule has 5 heteroatoms. The second-order valence-corrected chi connectivity index (χ2v) is 5.19. The molecule has 2 aromatic carbocycles. The minimum atomic E-state index is -1.43. The van der Waals surface area contributed by atoms with Crippen LogP contribution in [-0.2, 0) is 6.42 Å². The highest BCUT2D eigenvalue weighted by molar-refractivity contribution is 6.58. The van der Waals surface area contributed by atoms with Gasteiger partial charge in [-0.05, 0) is 35.1 Å². The van der Waals surface area contributed by atoms with E-state index < -0.39 is 7.12 Å². The van der Waals surface area contributed by atoms with E-state index in [1.165, 1.54) is 0 Å². The van der Waals surface area contributed by atoms with Gasteiger partial charge in [-0.25, -0.2) is 0 Å². The van der Waals surface area contributed by atoms with Crippen LogP contribution in [0.1, 0.15) is 24.3 Å². The molecule has 2 N–H and O–H groups in total. The predicted molar refractivity (Wildman–Crippen MR) is 87.8 cm³/mol. The third-order valence-electron chi connectivity index (χ3n) is 3.29. The summed E-state index contributed by atoms with van der Waals surface area (Å²) in [5.41, 5.74) is 3.32. The summed E-state index contributed by atoms with van der Waals surface area (Å²) in [6.45, 7) is 0. The third-order valence-corrected chi connectivity index (χ3v) is 3.29. The summed E-state index contributed by atoms with van der Waals surface area (Å²) >= 11 is 0. The Morgan fingerprint density at radius 2 is 1.48 bits per heavy atom. The lowest BCUT2D eigenvalue weighted by atomic mass is 9.80. The summed E-state index contributed by atoms with van der Waals surface area (Å²) in [7, 11) is 2.02. The van der Waals surface area contributed by atoms with Gasteiger partial charge in [0, 0.05) is 22.5 Å². The third kappa shape index (κ3) is 3.94. The summed E-state index contributed by atoms with van der Waals surface area (Å²) in [4.78, 5) is 13.3. The van der Waals surface area contributed by atoms with Crippen molar-refractivity contribution in [3.63, 3.8) is 0 Å². The summed E-state index contributed by atoms with van der Waals surface area (Å²) < 4.78 is 0. The average molecular weight is 287 g/mol. The molecule has 112 valence electrons. The lowest BCUT2D eigenvalue weighted by Gasteiger charge is -2.10. The number of amides is 1. The number of nitrogens with zero attached hydrogens (tertiary/aromatic N) is 1. The van der Waals surface area contributed by atoms with Gasteiger partial charge >= 0.3 is 7.12 Å². The van der Waals surface area contributed by atoms with Crippen LogP contribution in [0.3, 0.4) is 0 Å². The lowest BCUT2D eigenvalue weighted by molar-refractivity contribution is 0.0827. The van der Waals surface area contributed by atoms with E-state index in [2.05, 4.69) is 0 Å². The second kappa shape index (κ2) is 6.56. The van der Waals surface area contributed by atoms with Crippen molar-refractivity contribution in [1.82, 2.24) is 4.90 Å². The Labute approximate surface area is 127 Å². The Balaban J connectivity index is 0.00000242. The van der Waals surface area contributed by atoms with Crippen LogP contribution in [-0.4, -0.2) is 42.1 Å². The zero-order valence-corrected chi connectivity index (χ0v) is 12.2. The van der Waals surface area contributed by atoms with Crippen molar-refractivity contribution in [2.24, 2.45) is 0 Å². The maximum atomic E-state index is 11.8. The van der Waals surface area contributed by atoms with Gasteiger partial charge < -0.3 is 14.9 Å². The first-order chi connectivity index (χ1) is 9.97. The van der Waals surface area contributed by atoms with Gasteiger partial charge in [0.2, 0.25) is 0 Å². The molecule has 0 saturated carbocycles. The molecule has 0 aromatic heterocycles. The minimum absolute atomic E-state index is 0. The second-order valence-electron chi connectivity index (χ2n) is 5.19.